The van der Waals surface area contributed by atoms with Crippen LogP contribution in [0.5, 0.6) is 5.75 Å². The number of aliphatic hydroxyl groups is 1. The topological polar surface area (TPSA) is 60.0 Å². The van der Waals surface area contributed by atoms with Crippen molar-refractivity contribution in [2.45, 2.75) is 103 Å². The van der Waals surface area contributed by atoms with E-state index in [0.29, 0.717) is 6.61 Å². The molecule has 0 aromatic heterocycles. The van der Waals surface area contributed by atoms with Gasteiger partial charge in [0.1, 0.15) is 5.75 Å². The number of benzene rings is 1. The lowest BCUT2D eigenvalue weighted by molar-refractivity contribution is 0.164. The van der Waals surface area contributed by atoms with Crippen molar-refractivity contribution in [3.63, 3.8) is 0 Å². The maximum Gasteiger partial charge on any atom is 0.191 e. The SMILES string of the molecule is COc1ccc(N[C@H](CCCO[Si](C)(C)C(C)(C)C)[C@@H](CO)CCO[Si](C)(C)C(C)(C)C)cc1. The minimum atomic E-state index is -1.81. The summed E-state index contributed by atoms with van der Waals surface area (Å²) in [4.78, 5) is 0. The van der Waals surface area contributed by atoms with Gasteiger partial charge in [-0.25, -0.2) is 0 Å². The number of hydrogen-bond acceptors (Lipinski definition) is 5. The van der Waals surface area contributed by atoms with Crippen molar-refractivity contribution in [1.82, 2.24) is 0 Å². The molecule has 0 heterocycles. The van der Waals surface area contributed by atoms with Gasteiger partial charge in [0.15, 0.2) is 16.6 Å². The van der Waals surface area contributed by atoms with Crippen LogP contribution in [0.25, 0.3) is 0 Å². The molecule has 1 aromatic rings. The number of anilines is 1. The minimum Gasteiger partial charge on any atom is -0.497 e. The number of rotatable bonds is 14. The maximum atomic E-state index is 10.3. The number of hydrogen-bond donors (Lipinski definition) is 2. The smallest absolute Gasteiger partial charge is 0.191 e. The molecule has 0 bridgehead atoms. The van der Waals surface area contributed by atoms with Crippen LogP contribution in [0.2, 0.25) is 36.3 Å². The molecule has 0 saturated carbocycles. The van der Waals surface area contributed by atoms with Crippen molar-refractivity contribution in [3.8, 4) is 5.75 Å². The lowest BCUT2D eigenvalue weighted by Gasteiger charge is -2.37. The fourth-order valence-corrected chi connectivity index (χ4v) is 5.42. The van der Waals surface area contributed by atoms with E-state index in [1.807, 2.05) is 24.3 Å². The first-order valence-corrected chi connectivity index (χ1v) is 18.6. The van der Waals surface area contributed by atoms with Gasteiger partial charge < -0.3 is 24.0 Å². The third-order valence-corrected chi connectivity index (χ3v) is 17.0. The number of aliphatic hydroxyl groups excluding tert-OH is 1. The second kappa shape index (κ2) is 12.9. The van der Waals surface area contributed by atoms with Gasteiger partial charge in [0, 0.05) is 37.5 Å². The van der Waals surface area contributed by atoms with E-state index in [0.717, 1.165) is 37.3 Å². The second-order valence-corrected chi connectivity index (χ2v) is 22.2. The second-order valence-electron chi connectivity index (χ2n) is 12.6. The molecule has 5 nitrogen and oxygen atoms in total. The van der Waals surface area contributed by atoms with Crippen molar-refractivity contribution >= 4 is 22.3 Å². The van der Waals surface area contributed by atoms with Gasteiger partial charge in [-0.15, -0.1) is 0 Å². The summed E-state index contributed by atoms with van der Waals surface area (Å²) < 4.78 is 18.1. The predicted molar refractivity (Wildman–Crippen MR) is 151 cm³/mol. The van der Waals surface area contributed by atoms with Crippen LogP contribution >= 0.6 is 0 Å². The van der Waals surface area contributed by atoms with E-state index in [9.17, 15) is 5.11 Å². The Kier molecular flexibility index (Phi) is 11.8. The summed E-state index contributed by atoms with van der Waals surface area (Å²) in [6.07, 6.45) is 2.73. The molecule has 198 valence electrons. The van der Waals surface area contributed by atoms with Gasteiger partial charge in [-0.3, -0.25) is 0 Å². The zero-order valence-electron chi connectivity index (χ0n) is 23.9. The van der Waals surface area contributed by atoms with Crippen LogP contribution in [0.15, 0.2) is 24.3 Å². The Morgan fingerprint density at radius 1 is 0.824 bits per heavy atom. The van der Waals surface area contributed by atoms with Gasteiger partial charge in [0.25, 0.3) is 0 Å². The number of methoxy groups -OCH3 is 1. The maximum absolute atomic E-state index is 10.3. The third-order valence-electron chi connectivity index (χ3n) is 7.93. The van der Waals surface area contributed by atoms with Gasteiger partial charge in [0.05, 0.1) is 7.11 Å². The molecule has 0 amide bonds. The Morgan fingerprint density at radius 2 is 1.32 bits per heavy atom. The van der Waals surface area contributed by atoms with Gasteiger partial charge >= 0.3 is 0 Å². The zero-order valence-corrected chi connectivity index (χ0v) is 25.9. The Bertz CT molecular complexity index is 709. The minimum absolute atomic E-state index is 0.111. The van der Waals surface area contributed by atoms with Crippen molar-refractivity contribution in [1.29, 1.82) is 0 Å². The lowest BCUT2D eigenvalue weighted by Crippen LogP contribution is -2.42. The summed E-state index contributed by atoms with van der Waals surface area (Å²) in [6.45, 7) is 24.4. The predicted octanol–water partition coefficient (Wildman–Crippen LogP) is 7.30. The molecule has 7 heteroatoms. The van der Waals surface area contributed by atoms with Crippen molar-refractivity contribution in [2.75, 3.05) is 32.2 Å². The molecular weight excluding hydrogens is 458 g/mol. The van der Waals surface area contributed by atoms with E-state index in [2.05, 4.69) is 73.0 Å². The van der Waals surface area contributed by atoms with Crippen molar-refractivity contribution < 1.29 is 18.7 Å². The van der Waals surface area contributed by atoms with Crippen LogP contribution in [0.1, 0.15) is 60.8 Å². The monoisotopic (exact) mass is 511 g/mol. The first-order chi connectivity index (χ1) is 15.5. The summed E-state index contributed by atoms with van der Waals surface area (Å²) in [5.74, 6) is 0.950. The van der Waals surface area contributed by atoms with E-state index in [4.69, 9.17) is 13.6 Å². The van der Waals surface area contributed by atoms with Crippen LogP contribution in [0.3, 0.4) is 0 Å². The van der Waals surface area contributed by atoms with E-state index in [-0.39, 0.29) is 28.6 Å². The van der Waals surface area contributed by atoms with Crippen molar-refractivity contribution in [3.05, 3.63) is 24.3 Å². The Hall–Kier alpha value is -0.866. The lowest BCUT2D eigenvalue weighted by atomic mass is 9.93. The van der Waals surface area contributed by atoms with Crippen LogP contribution in [-0.4, -0.2) is 54.7 Å². The highest BCUT2D eigenvalue weighted by atomic mass is 28.4. The first kappa shape index (κ1) is 31.2. The molecule has 0 spiro atoms. The van der Waals surface area contributed by atoms with E-state index >= 15 is 0 Å². The van der Waals surface area contributed by atoms with Crippen LogP contribution < -0.4 is 10.1 Å². The number of ether oxygens (including phenoxy) is 1. The highest BCUT2D eigenvalue weighted by Gasteiger charge is 2.38. The highest BCUT2D eigenvalue weighted by molar-refractivity contribution is 6.74. The highest BCUT2D eigenvalue weighted by Crippen LogP contribution is 2.38. The van der Waals surface area contributed by atoms with E-state index in [1.54, 1.807) is 7.11 Å². The molecule has 0 unspecified atom stereocenters. The Balaban J connectivity index is 2.84. The van der Waals surface area contributed by atoms with Crippen LogP contribution in [0, 0.1) is 5.92 Å². The molecule has 2 N–H and O–H groups in total. The summed E-state index contributed by atoms with van der Waals surface area (Å²) in [5, 5.41) is 14.4. The molecule has 0 aliphatic carbocycles. The summed E-state index contributed by atoms with van der Waals surface area (Å²) in [5.41, 5.74) is 1.04. The summed E-state index contributed by atoms with van der Waals surface area (Å²) >= 11 is 0. The van der Waals surface area contributed by atoms with E-state index in [1.165, 1.54) is 0 Å². The fourth-order valence-electron chi connectivity index (χ4n) is 3.28. The average molecular weight is 512 g/mol. The molecular formula is C27H53NO4Si2. The average Bonchev–Trinajstić information content (AvgIpc) is 2.72. The molecule has 2 atom stereocenters. The zero-order chi connectivity index (χ0) is 26.2. The fraction of sp³-hybridized carbons (Fsp3) is 0.778. The standard InChI is InChI=1S/C27H53NO4Si2/c1-26(2,3)33(8,9)31-19-12-13-25(28-23-14-16-24(30-7)17-15-23)22(21-29)18-20-32-34(10,11)27(4,5)6/h14-17,22,25,28-29H,12-13,18-21H2,1-11H3/t22-,25-/m1/s1. The Morgan fingerprint density at radius 3 is 1.76 bits per heavy atom. The summed E-state index contributed by atoms with van der Waals surface area (Å²) in [7, 11) is -1.88. The molecule has 34 heavy (non-hydrogen) atoms. The van der Waals surface area contributed by atoms with Gasteiger partial charge in [-0.2, -0.15) is 0 Å². The van der Waals surface area contributed by atoms with Crippen LogP contribution in [0.4, 0.5) is 5.69 Å². The van der Waals surface area contributed by atoms with Gasteiger partial charge in [0.2, 0.25) is 0 Å². The third kappa shape index (κ3) is 9.65. The molecule has 0 fully saturated rings. The quantitative estimate of drug-likeness (QED) is 0.203. The number of nitrogens with one attached hydrogen (secondary N) is 1. The molecule has 0 aliphatic rings. The van der Waals surface area contributed by atoms with Gasteiger partial charge in [-0.1, -0.05) is 41.5 Å². The molecule has 0 radical (unpaired) electrons. The molecule has 0 aliphatic heterocycles. The normalized spacial score (nSPS) is 15.2. The largest absolute Gasteiger partial charge is 0.497 e. The first-order valence-electron chi connectivity index (χ1n) is 12.8. The van der Waals surface area contributed by atoms with Crippen molar-refractivity contribution in [2.24, 2.45) is 5.92 Å². The van der Waals surface area contributed by atoms with E-state index < -0.39 is 16.6 Å². The summed E-state index contributed by atoms with van der Waals surface area (Å²) in [6, 6.07) is 8.16. The molecule has 0 saturated heterocycles. The Labute approximate surface area is 212 Å². The van der Waals surface area contributed by atoms with Gasteiger partial charge in [-0.05, 0) is 79.8 Å². The molecule has 1 aromatic carbocycles. The van der Waals surface area contributed by atoms with Crippen LogP contribution in [-0.2, 0) is 8.85 Å². The molecule has 1 rings (SSSR count).